The maximum atomic E-state index is 14.1. The van der Waals surface area contributed by atoms with E-state index in [4.69, 9.17) is 19.4 Å². The van der Waals surface area contributed by atoms with Crippen molar-refractivity contribution in [3.05, 3.63) is 47.9 Å². The summed E-state index contributed by atoms with van der Waals surface area (Å²) in [6.07, 6.45) is 4.06. The number of hydrogen-bond donors (Lipinski definition) is 1. The van der Waals surface area contributed by atoms with Crippen LogP contribution >= 0.6 is 0 Å². The molecule has 0 bridgehead atoms. The number of carbonyl (C=O) groups is 1. The fraction of sp³-hybridized carbons (Fsp3) is 0.550. The second kappa shape index (κ2) is 12.8. The molecule has 2 spiro atoms. The maximum absolute atomic E-state index is 14.1. The molecule has 1 amide bonds. The minimum absolute atomic E-state index is 0.0743. The smallest absolute Gasteiger partial charge is 0.422 e. The van der Waals surface area contributed by atoms with Gasteiger partial charge in [0.15, 0.2) is 18.2 Å². The van der Waals surface area contributed by atoms with Crippen LogP contribution in [0.1, 0.15) is 68.4 Å². The molecule has 2 saturated carbocycles. The third-order valence-corrected chi connectivity index (χ3v) is 12.6. The second-order valence-corrected chi connectivity index (χ2v) is 16.7. The lowest BCUT2D eigenvalue weighted by molar-refractivity contribution is -0.153. The summed E-state index contributed by atoms with van der Waals surface area (Å²) in [5.74, 6) is -0.808. The van der Waals surface area contributed by atoms with Crippen LogP contribution in [0.15, 0.2) is 36.8 Å². The monoisotopic (exact) mass is 747 g/mol. The summed E-state index contributed by atoms with van der Waals surface area (Å²) in [5.41, 5.74) is 4.42. The fourth-order valence-electron chi connectivity index (χ4n) is 9.71. The molecule has 0 unspecified atom stereocenters. The van der Waals surface area contributed by atoms with E-state index in [2.05, 4.69) is 39.7 Å². The molecule has 9 rings (SSSR count). The van der Waals surface area contributed by atoms with Gasteiger partial charge in [-0.3, -0.25) is 9.89 Å². The predicted molar refractivity (Wildman–Crippen MR) is 196 cm³/mol. The Morgan fingerprint density at radius 1 is 0.981 bits per heavy atom. The molecule has 0 atom stereocenters. The lowest BCUT2D eigenvalue weighted by atomic mass is 9.68. The van der Waals surface area contributed by atoms with E-state index in [1.165, 1.54) is 4.90 Å². The third kappa shape index (κ3) is 6.33. The number of nitrogens with one attached hydrogen (secondary N) is 1. The number of halogens is 4. The Hall–Kier alpha value is -4.46. The van der Waals surface area contributed by atoms with Crippen LogP contribution in [0.2, 0.25) is 0 Å². The number of rotatable bonds is 8. The number of alkyl halides is 3. The largest absolute Gasteiger partial charge is 0.481 e. The van der Waals surface area contributed by atoms with E-state index in [0.717, 1.165) is 92.0 Å². The quantitative estimate of drug-likeness (QED) is 0.147. The number of aryl methyl sites for hydroxylation is 1. The highest BCUT2D eigenvalue weighted by Gasteiger charge is 2.48. The number of hydrogen-bond acceptors (Lipinski definition) is 8. The zero-order valence-electron chi connectivity index (χ0n) is 30.7. The van der Waals surface area contributed by atoms with Crippen molar-refractivity contribution in [2.75, 3.05) is 57.8 Å². The van der Waals surface area contributed by atoms with Gasteiger partial charge in [0, 0.05) is 61.0 Å². The van der Waals surface area contributed by atoms with Gasteiger partial charge in [0.05, 0.1) is 11.7 Å². The average Bonchev–Trinajstić information content (AvgIpc) is 3.85. The normalized spacial score (nSPS) is 21.4. The molecule has 4 aromatic rings. The van der Waals surface area contributed by atoms with Crippen molar-refractivity contribution in [2.45, 2.75) is 76.5 Å². The van der Waals surface area contributed by atoms with E-state index >= 15 is 0 Å². The van der Waals surface area contributed by atoms with Crippen LogP contribution in [-0.2, 0) is 4.79 Å². The first-order valence-corrected chi connectivity index (χ1v) is 19.0. The standard InChI is InChI=1S/C40H45F4N7O3/c1-23-4-7-30-29(17-45-48-30)31(23)32-27(25-5-6-25)16-28-33(34(32)53-22-40(42,43)44)46-37(54-26-8-10-38(11-9-26)18-49(3)19-38)47-35(28)50-14-12-39(13-15-50)20-51(21-39)36(52)24(2)41/h4,7,16-17,25-26H,2,5-6,8-15,18-22H2,1,3H3,(H,45,48). The summed E-state index contributed by atoms with van der Waals surface area (Å²) < 4.78 is 68.4. The number of aromatic nitrogens is 4. The number of piperidine rings is 1. The number of anilines is 1. The number of amides is 1. The van der Waals surface area contributed by atoms with Gasteiger partial charge in [-0.2, -0.15) is 28.2 Å². The Kier molecular flexibility index (Phi) is 8.36. The fourth-order valence-corrected chi connectivity index (χ4v) is 9.71. The summed E-state index contributed by atoms with van der Waals surface area (Å²) in [7, 11) is 2.14. The van der Waals surface area contributed by atoms with Crippen LogP contribution in [-0.4, -0.2) is 101 Å². The minimum Gasteiger partial charge on any atom is -0.481 e. The molecule has 2 aliphatic carbocycles. The molecule has 2 aromatic carbocycles. The van der Waals surface area contributed by atoms with E-state index in [9.17, 15) is 22.4 Å². The number of ether oxygens (including phenoxy) is 2. The lowest BCUT2D eigenvalue weighted by Gasteiger charge is -2.54. The number of nitrogens with zero attached hydrogens (tertiary/aromatic N) is 6. The third-order valence-electron chi connectivity index (χ3n) is 12.6. The van der Waals surface area contributed by atoms with E-state index in [1.54, 1.807) is 6.20 Å². The zero-order valence-corrected chi connectivity index (χ0v) is 30.7. The van der Waals surface area contributed by atoms with Gasteiger partial charge < -0.3 is 24.2 Å². The van der Waals surface area contributed by atoms with Crippen LogP contribution in [0.25, 0.3) is 32.9 Å². The van der Waals surface area contributed by atoms with Crippen LogP contribution in [0.5, 0.6) is 11.8 Å². The van der Waals surface area contributed by atoms with E-state index in [0.29, 0.717) is 48.4 Å². The summed E-state index contributed by atoms with van der Waals surface area (Å²) in [6, 6.07) is 6.07. The number of carbonyl (C=O) groups excluding carboxylic acids is 1. The zero-order chi connectivity index (χ0) is 37.6. The first-order chi connectivity index (χ1) is 25.8. The van der Waals surface area contributed by atoms with Gasteiger partial charge in [0.2, 0.25) is 0 Å². The van der Waals surface area contributed by atoms with Gasteiger partial charge in [-0.15, -0.1) is 0 Å². The predicted octanol–water partition coefficient (Wildman–Crippen LogP) is 7.47. The Bertz CT molecular complexity index is 2130. The molecule has 5 aliphatic rings. The minimum atomic E-state index is -4.59. The van der Waals surface area contributed by atoms with Crippen LogP contribution in [0.3, 0.4) is 0 Å². The van der Waals surface area contributed by atoms with Gasteiger partial charge >= 0.3 is 12.2 Å². The number of H-pyrrole nitrogens is 1. The van der Waals surface area contributed by atoms with Crippen LogP contribution < -0.4 is 14.4 Å². The first-order valence-electron chi connectivity index (χ1n) is 19.0. The van der Waals surface area contributed by atoms with Gasteiger partial charge in [-0.05, 0) is 105 Å². The maximum Gasteiger partial charge on any atom is 0.422 e. The number of benzene rings is 2. The van der Waals surface area contributed by atoms with Gasteiger partial charge in [0.25, 0.3) is 5.91 Å². The molecule has 286 valence electrons. The van der Waals surface area contributed by atoms with Crippen LogP contribution in [0, 0.1) is 17.8 Å². The van der Waals surface area contributed by atoms with Crippen molar-refractivity contribution in [3.63, 3.8) is 0 Å². The number of likely N-dealkylation sites (tertiary alicyclic amines) is 2. The Balaban J connectivity index is 1.16. The van der Waals surface area contributed by atoms with Crippen molar-refractivity contribution in [1.82, 2.24) is 30.0 Å². The van der Waals surface area contributed by atoms with Crippen molar-refractivity contribution < 1.29 is 31.8 Å². The summed E-state index contributed by atoms with van der Waals surface area (Å²) >= 11 is 0. The van der Waals surface area contributed by atoms with Gasteiger partial charge in [-0.1, -0.05) is 12.6 Å². The van der Waals surface area contributed by atoms with Crippen molar-refractivity contribution >= 4 is 33.5 Å². The topological polar surface area (TPSA) is 99.7 Å². The number of fused-ring (bicyclic) bond motifs is 2. The van der Waals surface area contributed by atoms with Gasteiger partial charge in [-0.25, -0.2) is 4.39 Å². The Labute approximate surface area is 310 Å². The second-order valence-electron chi connectivity index (χ2n) is 16.7. The highest BCUT2D eigenvalue weighted by molar-refractivity contribution is 6.06. The molecular formula is C40H45F4N7O3. The molecule has 3 saturated heterocycles. The van der Waals surface area contributed by atoms with Gasteiger partial charge in [0.1, 0.15) is 17.4 Å². The van der Waals surface area contributed by atoms with E-state index in [-0.39, 0.29) is 34.7 Å². The van der Waals surface area contributed by atoms with E-state index < -0.39 is 24.5 Å². The Morgan fingerprint density at radius 3 is 2.33 bits per heavy atom. The van der Waals surface area contributed by atoms with Crippen molar-refractivity contribution in [2.24, 2.45) is 10.8 Å². The first kappa shape index (κ1) is 35.3. The molecular weight excluding hydrogens is 702 g/mol. The van der Waals surface area contributed by atoms with Crippen LogP contribution in [0.4, 0.5) is 23.4 Å². The molecule has 14 heteroatoms. The summed E-state index contributed by atoms with van der Waals surface area (Å²) in [5, 5.41) is 8.71. The lowest BCUT2D eigenvalue weighted by Crippen LogP contribution is -2.62. The van der Waals surface area contributed by atoms with E-state index in [1.807, 2.05) is 19.1 Å². The highest BCUT2D eigenvalue weighted by atomic mass is 19.4. The highest BCUT2D eigenvalue weighted by Crippen LogP contribution is 2.54. The molecule has 5 heterocycles. The molecule has 5 fully saturated rings. The van der Waals surface area contributed by atoms with Crippen molar-refractivity contribution in [3.8, 4) is 22.9 Å². The average molecular weight is 748 g/mol. The Morgan fingerprint density at radius 2 is 1.69 bits per heavy atom. The summed E-state index contributed by atoms with van der Waals surface area (Å²) in [4.78, 5) is 28.2. The summed E-state index contributed by atoms with van der Waals surface area (Å²) in [6.45, 7) is 7.91. The molecule has 2 aromatic heterocycles. The van der Waals surface area contributed by atoms with Crippen molar-refractivity contribution in [1.29, 1.82) is 0 Å². The molecule has 0 radical (unpaired) electrons. The molecule has 10 nitrogen and oxygen atoms in total. The molecule has 1 N–H and O–H groups in total. The SMILES string of the molecule is C=C(F)C(=O)N1CC2(CCN(c3nc(OC4CCC5(CC4)CN(C)C5)nc4c(OCC(F)(F)F)c(-c5c(C)ccc6[nH]ncc56)c(C5CC5)cc34)CC2)C1. The molecule has 54 heavy (non-hydrogen) atoms. The number of aromatic amines is 1. The molecule has 3 aliphatic heterocycles.